The number of carbonyl (C=O) groups excluding carboxylic acids is 3. The maximum Gasteiger partial charge on any atom is 0.251 e. The second-order valence-electron chi connectivity index (χ2n) is 11.3. The van der Waals surface area contributed by atoms with E-state index in [1.165, 1.54) is 5.56 Å². The van der Waals surface area contributed by atoms with Gasteiger partial charge in [-0.3, -0.25) is 19.3 Å². The van der Waals surface area contributed by atoms with Crippen molar-refractivity contribution in [1.82, 2.24) is 15.5 Å². The molecule has 2 N–H and O–H groups in total. The van der Waals surface area contributed by atoms with Gasteiger partial charge in [-0.1, -0.05) is 24.3 Å². The molecule has 7 nitrogen and oxygen atoms in total. The number of carbonyl (C=O) groups is 3. The molecule has 2 heterocycles. The van der Waals surface area contributed by atoms with Crippen LogP contribution in [0.2, 0.25) is 0 Å². The molecular formula is C32H41N3O4. The molecule has 39 heavy (non-hydrogen) atoms. The SMILES string of the molecule is Cc1cc(C(=O)NCc2ccc3c(c2)CCC(CCC2CCCNC2=O)C3=O)ccc1CCN1CCOCC1. The highest BCUT2D eigenvalue weighted by Crippen LogP contribution is 2.31. The molecule has 2 aromatic rings. The Kier molecular flexibility index (Phi) is 9.09. The summed E-state index contributed by atoms with van der Waals surface area (Å²) >= 11 is 0. The Morgan fingerprint density at radius 3 is 2.67 bits per heavy atom. The van der Waals surface area contributed by atoms with Crippen molar-refractivity contribution in [2.75, 3.05) is 39.4 Å². The van der Waals surface area contributed by atoms with Gasteiger partial charge in [-0.2, -0.15) is 0 Å². The van der Waals surface area contributed by atoms with Crippen molar-refractivity contribution >= 4 is 17.6 Å². The van der Waals surface area contributed by atoms with Gasteiger partial charge in [0, 0.05) is 55.7 Å². The Labute approximate surface area is 231 Å². The van der Waals surface area contributed by atoms with E-state index in [0.29, 0.717) is 12.1 Å². The van der Waals surface area contributed by atoms with Crippen LogP contribution in [-0.4, -0.2) is 61.9 Å². The highest BCUT2D eigenvalue weighted by molar-refractivity contribution is 6.00. The van der Waals surface area contributed by atoms with Crippen LogP contribution in [-0.2, 0) is 28.9 Å². The molecule has 7 heteroatoms. The Morgan fingerprint density at radius 1 is 1.05 bits per heavy atom. The number of hydrogen-bond donors (Lipinski definition) is 2. The average Bonchev–Trinajstić information content (AvgIpc) is 2.96. The van der Waals surface area contributed by atoms with Crippen LogP contribution in [0.1, 0.15) is 75.1 Å². The first-order valence-corrected chi connectivity index (χ1v) is 14.6. The van der Waals surface area contributed by atoms with Crippen molar-refractivity contribution < 1.29 is 19.1 Å². The highest BCUT2D eigenvalue weighted by atomic mass is 16.5. The van der Waals surface area contributed by atoms with E-state index in [4.69, 9.17) is 4.74 Å². The molecule has 2 amide bonds. The molecule has 2 saturated heterocycles. The number of piperidine rings is 1. The molecule has 0 saturated carbocycles. The number of amides is 2. The number of ether oxygens (including phenoxy) is 1. The Morgan fingerprint density at radius 2 is 1.87 bits per heavy atom. The number of nitrogens with zero attached hydrogens (tertiary/aromatic N) is 1. The third-order valence-corrected chi connectivity index (χ3v) is 8.69. The van der Waals surface area contributed by atoms with Gasteiger partial charge in [0.15, 0.2) is 5.78 Å². The minimum absolute atomic E-state index is 0.00198. The summed E-state index contributed by atoms with van der Waals surface area (Å²) in [5.74, 6) is 0.309. The largest absolute Gasteiger partial charge is 0.379 e. The summed E-state index contributed by atoms with van der Waals surface area (Å²) in [4.78, 5) is 40.5. The molecule has 0 aromatic heterocycles. The van der Waals surface area contributed by atoms with Crippen molar-refractivity contribution in [3.05, 3.63) is 69.8 Å². The van der Waals surface area contributed by atoms with E-state index in [2.05, 4.69) is 34.6 Å². The van der Waals surface area contributed by atoms with E-state index in [1.54, 1.807) is 0 Å². The number of nitrogens with one attached hydrogen (secondary N) is 2. The Hall–Kier alpha value is -3.03. The molecule has 2 atom stereocenters. The number of aryl methyl sites for hydroxylation is 2. The van der Waals surface area contributed by atoms with Crippen LogP contribution in [0.15, 0.2) is 36.4 Å². The molecule has 2 aliphatic heterocycles. The molecule has 1 aliphatic carbocycles. The van der Waals surface area contributed by atoms with Crippen LogP contribution in [0.4, 0.5) is 0 Å². The smallest absolute Gasteiger partial charge is 0.251 e. The molecule has 5 rings (SSSR count). The molecule has 3 aliphatic rings. The number of hydrogen-bond acceptors (Lipinski definition) is 5. The minimum atomic E-state index is -0.0848. The standard InChI is InChI=1S/C32H41N3O4/c1-22-19-28(10-5-24(22)12-14-35-15-17-39-18-16-35)32(38)34-21-23-4-11-29-27(20-23)9-7-25(30(29)36)6-8-26-3-2-13-33-31(26)37/h4-5,10-11,19-20,25-26H,2-3,6-9,12-18,21H2,1H3,(H,33,37)(H,34,38). The summed E-state index contributed by atoms with van der Waals surface area (Å²) < 4.78 is 5.43. The summed E-state index contributed by atoms with van der Waals surface area (Å²) in [6.07, 6.45) is 6.17. The molecule has 208 valence electrons. The fourth-order valence-electron chi connectivity index (χ4n) is 6.18. The van der Waals surface area contributed by atoms with E-state index in [1.807, 2.05) is 24.3 Å². The fourth-order valence-corrected chi connectivity index (χ4v) is 6.18. The van der Waals surface area contributed by atoms with Gasteiger partial charge >= 0.3 is 0 Å². The van der Waals surface area contributed by atoms with Gasteiger partial charge in [0.05, 0.1) is 13.2 Å². The lowest BCUT2D eigenvalue weighted by Crippen LogP contribution is -2.37. The summed E-state index contributed by atoms with van der Waals surface area (Å²) in [6, 6.07) is 11.9. The van der Waals surface area contributed by atoms with Crippen LogP contribution < -0.4 is 10.6 Å². The number of morpholine rings is 1. The predicted octanol–water partition coefficient (Wildman–Crippen LogP) is 3.85. The lowest BCUT2D eigenvalue weighted by Gasteiger charge is -2.27. The minimum Gasteiger partial charge on any atom is -0.379 e. The molecule has 0 radical (unpaired) electrons. The topological polar surface area (TPSA) is 87.7 Å². The van der Waals surface area contributed by atoms with Gasteiger partial charge in [0.25, 0.3) is 5.91 Å². The lowest BCUT2D eigenvalue weighted by molar-refractivity contribution is -0.126. The number of fused-ring (bicyclic) bond motifs is 1. The van der Waals surface area contributed by atoms with Crippen molar-refractivity contribution in [3.8, 4) is 0 Å². The van der Waals surface area contributed by atoms with Crippen molar-refractivity contribution in [2.24, 2.45) is 11.8 Å². The van der Waals surface area contributed by atoms with E-state index >= 15 is 0 Å². The van der Waals surface area contributed by atoms with Gasteiger partial charge in [-0.05, 0) is 86.3 Å². The fraction of sp³-hybridized carbons (Fsp3) is 0.531. The monoisotopic (exact) mass is 531 g/mol. The molecule has 2 aromatic carbocycles. The summed E-state index contributed by atoms with van der Waals surface area (Å²) in [6.45, 7) is 7.86. The summed E-state index contributed by atoms with van der Waals surface area (Å²) in [7, 11) is 0. The highest BCUT2D eigenvalue weighted by Gasteiger charge is 2.30. The van der Waals surface area contributed by atoms with Crippen LogP contribution in [0.25, 0.3) is 0 Å². The first-order chi connectivity index (χ1) is 19.0. The first-order valence-electron chi connectivity index (χ1n) is 14.6. The average molecular weight is 532 g/mol. The quantitative estimate of drug-likeness (QED) is 0.513. The van der Waals surface area contributed by atoms with Gasteiger partial charge in [0.2, 0.25) is 5.91 Å². The van der Waals surface area contributed by atoms with Crippen LogP contribution in [0, 0.1) is 18.8 Å². The number of benzene rings is 2. The Bertz CT molecular complexity index is 1200. The maximum absolute atomic E-state index is 13.2. The number of rotatable bonds is 9. The third-order valence-electron chi connectivity index (χ3n) is 8.69. The number of ketones is 1. The molecule has 0 spiro atoms. The third kappa shape index (κ3) is 6.95. The van der Waals surface area contributed by atoms with Gasteiger partial charge in [-0.15, -0.1) is 0 Å². The maximum atomic E-state index is 13.2. The van der Waals surface area contributed by atoms with E-state index in [-0.39, 0.29) is 29.4 Å². The summed E-state index contributed by atoms with van der Waals surface area (Å²) in [5, 5.41) is 6.00. The second kappa shape index (κ2) is 12.9. The number of Topliss-reactive ketones (excluding diaryl/α,β-unsaturated/α-hetero) is 1. The Balaban J connectivity index is 1.12. The lowest BCUT2D eigenvalue weighted by atomic mass is 9.78. The second-order valence-corrected chi connectivity index (χ2v) is 11.3. The molecular weight excluding hydrogens is 490 g/mol. The van der Waals surface area contributed by atoms with E-state index < -0.39 is 0 Å². The van der Waals surface area contributed by atoms with E-state index in [9.17, 15) is 14.4 Å². The van der Waals surface area contributed by atoms with Crippen LogP contribution in [0.5, 0.6) is 0 Å². The van der Waals surface area contributed by atoms with Gasteiger partial charge < -0.3 is 15.4 Å². The molecule has 0 bridgehead atoms. The van der Waals surface area contributed by atoms with Crippen LogP contribution >= 0.6 is 0 Å². The van der Waals surface area contributed by atoms with Gasteiger partial charge in [-0.25, -0.2) is 0 Å². The van der Waals surface area contributed by atoms with Crippen LogP contribution in [0.3, 0.4) is 0 Å². The van der Waals surface area contributed by atoms with E-state index in [0.717, 1.165) is 107 Å². The zero-order valence-corrected chi connectivity index (χ0v) is 23.1. The zero-order valence-electron chi connectivity index (χ0n) is 23.1. The zero-order chi connectivity index (χ0) is 27.2. The first kappa shape index (κ1) is 27.5. The predicted molar refractivity (Wildman–Crippen MR) is 151 cm³/mol. The normalized spacial score (nSPS) is 21.8. The van der Waals surface area contributed by atoms with Crippen molar-refractivity contribution in [3.63, 3.8) is 0 Å². The van der Waals surface area contributed by atoms with Gasteiger partial charge in [0.1, 0.15) is 0 Å². The summed E-state index contributed by atoms with van der Waals surface area (Å²) in [5.41, 5.74) is 5.97. The molecule has 2 unspecified atom stereocenters. The van der Waals surface area contributed by atoms with Crippen molar-refractivity contribution in [2.45, 2.75) is 58.4 Å². The van der Waals surface area contributed by atoms with Crippen molar-refractivity contribution in [1.29, 1.82) is 0 Å². The molecule has 2 fully saturated rings.